The van der Waals surface area contributed by atoms with E-state index in [1.165, 1.54) is 12.1 Å². The predicted octanol–water partition coefficient (Wildman–Crippen LogP) is 3.61. The Morgan fingerprint density at radius 3 is 2.72 bits per heavy atom. The molecule has 1 aromatic heterocycles. The maximum atomic E-state index is 13.2. The highest BCUT2D eigenvalue weighted by molar-refractivity contribution is 5.83. The summed E-state index contributed by atoms with van der Waals surface area (Å²) in [5.41, 5.74) is 0.826. The highest BCUT2D eigenvalue weighted by Crippen LogP contribution is 2.31. The quantitative estimate of drug-likeness (QED) is 0.804. The molecule has 1 amide bonds. The van der Waals surface area contributed by atoms with Crippen LogP contribution < -0.4 is 0 Å². The number of unbranched alkanes of at least 4 members (excludes halogenated alkanes) is 1. The summed E-state index contributed by atoms with van der Waals surface area (Å²) in [6.07, 6.45) is 3.81. The van der Waals surface area contributed by atoms with E-state index < -0.39 is 0 Å². The van der Waals surface area contributed by atoms with Gasteiger partial charge in [-0.2, -0.15) is 0 Å². The van der Waals surface area contributed by atoms with Crippen molar-refractivity contribution in [2.24, 2.45) is 0 Å². The van der Waals surface area contributed by atoms with Gasteiger partial charge in [0, 0.05) is 25.2 Å². The number of rotatable bonds is 6. The van der Waals surface area contributed by atoms with Gasteiger partial charge in [-0.1, -0.05) is 13.3 Å². The van der Waals surface area contributed by atoms with Crippen LogP contribution in [-0.2, 0) is 11.3 Å². The number of likely N-dealkylation sites (N-methyl/N-ethyl adjacent to an activating group) is 1. The van der Waals surface area contributed by atoms with Crippen molar-refractivity contribution in [3.63, 3.8) is 0 Å². The molecule has 1 unspecified atom stereocenters. The van der Waals surface area contributed by atoms with E-state index in [4.69, 9.17) is 0 Å². The Labute approximate surface area is 147 Å². The van der Waals surface area contributed by atoms with Crippen molar-refractivity contribution >= 4 is 5.91 Å². The van der Waals surface area contributed by atoms with Crippen LogP contribution in [0.5, 0.6) is 0 Å². The Bertz CT molecular complexity index is 726. The van der Waals surface area contributed by atoms with Gasteiger partial charge in [0.25, 0.3) is 0 Å². The maximum Gasteiger partial charge on any atom is 0.233 e. The smallest absolute Gasteiger partial charge is 0.233 e. The average Bonchev–Trinajstić information content (AvgIpc) is 3.07. The molecule has 3 rings (SSSR count). The zero-order valence-electron chi connectivity index (χ0n) is 14.9. The normalized spacial score (nSPS) is 16.5. The lowest BCUT2D eigenvalue weighted by atomic mass is 9.96. The first kappa shape index (κ1) is 17.6. The first-order chi connectivity index (χ1) is 12.2. The van der Waals surface area contributed by atoms with Gasteiger partial charge < -0.3 is 9.47 Å². The minimum atomic E-state index is -0.273. The topological polar surface area (TPSA) is 51.0 Å². The monoisotopic (exact) mass is 344 g/mol. The summed E-state index contributed by atoms with van der Waals surface area (Å²) in [5.74, 6) is 1.10. The van der Waals surface area contributed by atoms with Crippen molar-refractivity contribution in [2.75, 3.05) is 13.1 Å². The first-order valence-electron chi connectivity index (χ1n) is 9.13. The van der Waals surface area contributed by atoms with Crippen LogP contribution in [0.4, 0.5) is 4.39 Å². The molecule has 25 heavy (non-hydrogen) atoms. The summed E-state index contributed by atoms with van der Waals surface area (Å²) in [4.78, 5) is 14.9. The zero-order chi connectivity index (χ0) is 17.8. The molecule has 0 aliphatic carbocycles. The fourth-order valence-electron chi connectivity index (χ4n) is 3.42. The minimum Gasteiger partial charge on any atom is -0.342 e. The molecule has 1 aliphatic rings. The second-order valence-electron chi connectivity index (χ2n) is 6.51. The zero-order valence-corrected chi connectivity index (χ0v) is 14.9. The second-order valence-corrected chi connectivity index (χ2v) is 6.51. The van der Waals surface area contributed by atoms with Gasteiger partial charge in [0.2, 0.25) is 5.91 Å². The molecule has 0 saturated heterocycles. The summed E-state index contributed by atoms with van der Waals surface area (Å²) in [5, 5.41) is 8.62. The van der Waals surface area contributed by atoms with Crippen molar-refractivity contribution in [2.45, 2.75) is 52.0 Å². The van der Waals surface area contributed by atoms with Gasteiger partial charge in [-0.05, 0) is 50.5 Å². The number of aromatic nitrogens is 3. The fraction of sp³-hybridized carbons (Fsp3) is 0.526. The Balaban J connectivity index is 1.87. The van der Waals surface area contributed by atoms with Gasteiger partial charge in [-0.3, -0.25) is 4.79 Å². The van der Waals surface area contributed by atoms with E-state index in [1.54, 1.807) is 12.1 Å². The summed E-state index contributed by atoms with van der Waals surface area (Å²) in [6, 6.07) is 6.26. The van der Waals surface area contributed by atoms with Crippen molar-refractivity contribution in [3.8, 4) is 11.4 Å². The lowest BCUT2D eigenvalue weighted by molar-refractivity contribution is -0.133. The molecule has 0 radical (unpaired) electrons. The van der Waals surface area contributed by atoms with Gasteiger partial charge >= 0.3 is 0 Å². The molecule has 0 bridgehead atoms. The molecule has 1 aromatic carbocycles. The molecule has 0 N–H and O–H groups in total. The number of hydrogen-bond acceptors (Lipinski definition) is 3. The van der Waals surface area contributed by atoms with Crippen LogP contribution in [0.25, 0.3) is 11.4 Å². The van der Waals surface area contributed by atoms with E-state index in [1.807, 2.05) is 16.4 Å². The summed E-state index contributed by atoms with van der Waals surface area (Å²) >= 11 is 0. The molecule has 6 heteroatoms. The molecule has 1 aliphatic heterocycles. The van der Waals surface area contributed by atoms with E-state index in [9.17, 15) is 9.18 Å². The Kier molecular flexibility index (Phi) is 5.46. The van der Waals surface area contributed by atoms with Crippen LogP contribution in [0.1, 0.15) is 51.3 Å². The van der Waals surface area contributed by atoms with Crippen LogP contribution in [-0.4, -0.2) is 38.7 Å². The predicted molar refractivity (Wildman–Crippen MR) is 94.6 cm³/mol. The van der Waals surface area contributed by atoms with Gasteiger partial charge in [-0.15, -0.1) is 10.2 Å². The second kappa shape index (κ2) is 7.76. The van der Waals surface area contributed by atoms with Crippen LogP contribution in [0.15, 0.2) is 24.3 Å². The molecule has 5 nitrogen and oxygen atoms in total. The number of halogens is 1. The van der Waals surface area contributed by atoms with Crippen LogP contribution in [0.3, 0.4) is 0 Å². The number of carbonyl (C=O) groups excluding carboxylic acids is 1. The number of hydrogen-bond donors (Lipinski definition) is 0. The lowest BCUT2D eigenvalue weighted by Crippen LogP contribution is -2.38. The Morgan fingerprint density at radius 1 is 1.28 bits per heavy atom. The molecule has 134 valence electrons. The largest absolute Gasteiger partial charge is 0.342 e. The number of nitrogens with zero attached hydrogens (tertiary/aromatic N) is 4. The molecule has 1 atom stereocenters. The van der Waals surface area contributed by atoms with Crippen molar-refractivity contribution in [1.29, 1.82) is 0 Å². The van der Waals surface area contributed by atoms with Crippen molar-refractivity contribution < 1.29 is 9.18 Å². The van der Waals surface area contributed by atoms with E-state index in [-0.39, 0.29) is 17.6 Å². The lowest BCUT2D eigenvalue weighted by Gasteiger charge is -2.29. The first-order valence-corrected chi connectivity index (χ1v) is 9.13. The van der Waals surface area contributed by atoms with E-state index in [0.29, 0.717) is 12.4 Å². The molecule has 0 fully saturated rings. The third kappa shape index (κ3) is 3.57. The van der Waals surface area contributed by atoms with Crippen LogP contribution in [0.2, 0.25) is 0 Å². The molecule has 2 heterocycles. The standard InChI is InChI=1S/C19H25FN4O/c1-3-5-12-23(4-2)19(25)16-7-6-13-24-17(21-22-18(16)24)14-8-10-15(20)11-9-14/h8-11,16H,3-7,12-13H2,1-2H3. The van der Waals surface area contributed by atoms with Crippen molar-refractivity contribution in [3.05, 3.63) is 35.9 Å². The van der Waals surface area contributed by atoms with E-state index in [0.717, 1.165) is 50.2 Å². The highest BCUT2D eigenvalue weighted by atomic mass is 19.1. The third-order valence-electron chi connectivity index (χ3n) is 4.84. The summed E-state index contributed by atoms with van der Waals surface area (Å²) < 4.78 is 15.2. The van der Waals surface area contributed by atoms with Crippen LogP contribution in [0, 0.1) is 5.82 Å². The van der Waals surface area contributed by atoms with Gasteiger partial charge in [0.15, 0.2) is 5.82 Å². The Hall–Kier alpha value is -2.24. The average molecular weight is 344 g/mol. The highest BCUT2D eigenvalue weighted by Gasteiger charge is 2.33. The molecule has 2 aromatic rings. The Morgan fingerprint density at radius 2 is 2.04 bits per heavy atom. The SMILES string of the molecule is CCCCN(CC)C(=O)C1CCCn2c(-c3ccc(F)cc3)nnc21. The summed E-state index contributed by atoms with van der Waals surface area (Å²) in [6.45, 7) is 6.45. The molecule has 0 spiro atoms. The third-order valence-corrected chi connectivity index (χ3v) is 4.84. The van der Waals surface area contributed by atoms with Crippen LogP contribution >= 0.6 is 0 Å². The number of amides is 1. The van der Waals surface area contributed by atoms with Gasteiger partial charge in [-0.25, -0.2) is 4.39 Å². The van der Waals surface area contributed by atoms with E-state index in [2.05, 4.69) is 17.1 Å². The molecular weight excluding hydrogens is 319 g/mol. The number of benzene rings is 1. The number of carbonyl (C=O) groups is 1. The van der Waals surface area contributed by atoms with E-state index >= 15 is 0 Å². The maximum absolute atomic E-state index is 13.2. The fourth-order valence-corrected chi connectivity index (χ4v) is 3.42. The van der Waals surface area contributed by atoms with Crippen molar-refractivity contribution in [1.82, 2.24) is 19.7 Å². The summed E-state index contributed by atoms with van der Waals surface area (Å²) in [7, 11) is 0. The minimum absolute atomic E-state index is 0.148. The number of fused-ring (bicyclic) bond motifs is 1. The molecular formula is C19H25FN4O. The van der Waals surface area contributed by atoms with Gasteiger partial charge in [0.05, 0.1) is 5.92 Å². The molecule has 0 saturated carbocycles. The van der Waals surface area contributed by atoms with Gasteiger partial charge in [0.1, 0.15) is 11.6 Å².